The minimum absolute atomic E-state index is 0.271. The van der Waals surface area contributed by atoms with Crippen LogP contribution in [0.3, 0.4) is 0 Å². The smallest absolute Gasteiger partial charge is 0.282 e. The van der Waals surface area contributed by atoms with Gasteiger partial charge in [-0.05, 0) is 66.6 Å². The van der Waals surface area contributed by atoms with Crippen LogP contribution >= 0.6 is 22.9 Å². The number of amides is 2. The van der Waals surface area contributed by atoms with E-state index in [4.69, 9.17) is 11.6 Å². The van der Waals surface area contributed by atoms with Gasteiger partial charge in [0.1, 0.15) is 5.70 Å². The summed E-state index contributed by atoms with van der Waals surface area (Å²) >= 11 is 7.69. The summed E-state index contributed by atoms with van der Waals surface area (Å²) in [6.07, 6.45) is 3.22. The molecular weight excluding hydrogens is 428 g/mol. The van der Waals surface area contributed by atoms with Crippen molar-refractivity contribution in [3.63, 3.8) is 0 Å². The van der Waals surface area contributed by atoms with Crippen LogP contribution in [0.2, 0.25) is 5.02 Å². The largest absolute Gasteiger partial charge is 0.350 e. The molecule has 3 aromatic rings. The number of halogens is 1. The van der Waals surface area contributed by atoms with Gasteiger partial charge in [-0.3, -0.25) is 9.59 Å². The Labute approximate surface area is 191 Å². The first-order valence-corrected chi connectivity index (χ1v) is 11.5. The molecule has 0 bridgehead atoms. The van der Waals surface area contributed by atoms with Crippen LogP contribution in [0.25, 0.3) is 5.57 Å². The molecule has 0 radical (unpaired) electrons. The highest BCUT2D eigenvalue weighted by Gasteiger charge is 2.40. The Morgan fingerprint density at radius 2 is 1.77 bits per heavy atom. The van der Waals surface area contributed by atoms with Crippen molar-refractivity contribution in [2.24, 2.45) is 0 Å². The average Bonchev–Trinajstić information content (AvgIpc) is 3.37. The lowest BCUT2D eigenvalue weighted by Gasteiger charge is -2.16. The van der Waals surface area contributed by atoms with Crippen molar-refractivity contribution < 1.29 is 9.59 Å². The van der Waals surface area contributed by atoms with Crippen LogP contribution in [0.15, 0.2) is 65.7 Å². The van der Waals surface area contributed by atoms with E-state index in [1.165, 1.54) is 21.8 Å². The number of benzene rings is 2. The topological polar surface area (TPSA) is 49.4 Å². The Kier molecular flexibility index (Phi) is 6.25. The lowest BCUT2D eigenvalue weighted by atomic mass is 10.1. The van der Waals surface area contributed by atoms with Crippen LogP contribution in [0.5, 0.6) is 0 Å². The van der Waals surface area contributed by atoms with Crippen molar-refractivity contribution in [2.75, 3.05) is 10.2 Å². The number of nitrogens with zero attached hydrogens (tertiary/aromatic N) is 1. The number of nitrogens with one attached hydrogen (secondary N) is 1. The average molecular weight is 451 g/mol. The zero-order valence-electron chi connectivity index (χ0n) is 17.4. The van der Waals surface area contributed by atoms with Gasteiger partial charge in [-0.1, -0.05) is 49.2 Å². The summed E-state index contributed by atoms with van der Waals surface area (Å²) < 4.78 is 0. The Balaban J connectivity index is 1.72. The van der Waals surface area contributed by atoms with Crippen LogP contribution in [0.1, 0.15) is 35.8 Å². The fourth-order valence-corrected chi connectivity index (χ4v) is 4.54. The van der Waals surface area contributed by atoms with Crippen molar-refractivity contribution in [3.8, 4) is 0 Å². The molecule has 1 aromatic heterocycles. The summed E-state index contributed by atoms with van der Waals surface area (Å²) in [4.78, 5) is 28.9. The molecule has 2 amide bonds. The number of hydrogen-bond acceptors (Lipinski definition) is 4. The summed E-state index contributed by atoms with van der Waals surface area (Å²) in [7, 11) is 0. The highest BCUT2D eigenvalue weighted by molar-refractivity contribution is 7.11. The molecule has 0 saturated carbocycles. The zero-order valence-corrected chi connectivity index (χ0v) is 19.0. The lowest BCUT2D eigenvalue weighted by molar-refractivity contribution is -0.120. The summed E-state index contributed by atoms with van der Waals surface area (Å²) in [6.45, 7) is 4.04. The van der Waals surface area contributed by atoms with Crippen LogP contribution in [-0.4, -0.2) is 11.8 Å². The van der Waals surface area contributed by atoms with E-state index in [0.717, 1.165) is 29.7 Å². The molecule has 1 aliphatic heterocycles. The van der Waals surface area contributed by atoms with Gasteiger partial charge < -0.3 is 5.32 Å². The minimum Gasteiger partial charge on any atom is -0.350 e. The summed E-state index contributed by atoms with van der Waals surface area (Å²) in [5, 5.41) is 5.69. The highest BCUT2D eigenvalue weighted by atomic mass is 35.5. The summed E-state index contributed by atoms with van der Waals surface area (Å²) in [6, 6.07) is 16.9. The molecule has 0 saturated heterocycles. The second-order valence-electron chi connectivity index (χ2n) is 7.48. The first-order chi connectivity index (χ1) is 15.0. The first kappa shape index (κ1) is 21.3. The third-order valence-corrected chi connectivity index (χ3v) is 6.69. The molecule has 0 aliphatic carbocycles. The predicted octanol–water partition coefficient (Wildman–Crippen LogP) is 6.45. The van der Waals surface area contributed by atoms with Crippen molar-refractivity contribution in [1.29, 1.82) is 0 Å². The van der Waals surface area contributed by atoms with Gasteiger partial charge in [0.2, 0.25) is 0 Å². The Morgan fingerprint density at radius 3 is 2.45 bits per heavy atom. The molecule has 4 rings (SSSR count). The minimum atomic E-state index is -0.367. The first-order valence-electron chi connectivity index (χ1n) is 10.3. The van der Waals surface area contributed by atoms with Gasteiger partial charge >= 0.3 is 0 Å². The van der Waals surface area contributed by atoms with Gasteiger partial charge in [-0.15, -0.1) is 11.3 Å². The van der Waals surface area contributed by atoms with Crippen LogP contribution < -0.4 is 10.2 Å². The number of thiophene rings is 1. The van der Waals surface area contributed by atoms with E-state index in [1.807, 2.05) is 60.8 Å². The van der Waals surface area contributed by atoms with Crippen LogP contribution in [-0.2, 0) is 16.0 Å². The standard InChI is InChI=1S/C25H23ClN2O2S/c1-3-4-7-17-11-13-18(14-12-17)28-24(29)22(21-10-6-15-31-21)23(25(28)30)27-20-9-5-8-19(26)16(20)2/h5-6,8-15,27H,3-4,7H2,1-2H3. The Morgan fingerprint density at radius 1 is 1.00 bits per heavy atom. The van der Waals surface area contributed by atoms with Crippen molar-refractivity contribution in [2.45, 2.75) is 33.1 Å². The Bertz CT molecular complexity index is 1150. The summed E-state index contributed by atoms with van der Waals surface area (Å²) in [5.41, 5.74) is 3.95. The van der Waals surface area contributed by atoms with Gasteiger partial charge in [0.25, 0.3) is 11.8 Å². The van der Waals surface area contributed by atoms with E-state index in [1.54, 1.807) is 6.07 Å². The van der Waals surface area contributed by atoms with E-state index in [2.05, 4.69) is 12.2 Å². The number of rotatable bonds is 7. The third kappa shape index (κ3) is 4.16. The quantitative estimate of drug-likeness (QED) is 0.421. The maximum Gasteiger partial charge on any atom is 0.282 e. The van der Waals surface area contributed by atoms with E-state index in [9.17, 15) is 9.59 Å². The van der Waals surface area contributed by atoms with E-state index in [-0.39, 0.29) is 17.5 Å². The number of aryl methyl sites for hydroxylation is 1. The van der Waals surface area contributed by atoms with Gasteiger partial charge in [-0.25, -0.2) is 4.90 Å². The van der Waals surface area contributed by atoms with E-state index in [0.29, 0.717) is 22.0 Å². The van der Waals surface area contributed by atoms with Crippen LogP contribution in [0, 0.1) is 6.92 Å². The highest BCUT2D eigenvalue weighted by Crippen LogP contribution is 2.36. The molecule has 6 heteroatoms. The lowest BCUT2D eigenvalue weighted by Crippen LogP contribution is -2.32. The molecule has 1 aliphatic rings. The molecule has 0 fully saturated rings. The fraction of sp³-hybridized carbons (Fsp3) is 0.200. The van der Waals surface area contributed by atoms with Gasteiger partial charge in [0, 0.05) is 15.6 Å². The van der Waals surface area contributed by atoms with E-state index < -0.39 is 0 Å². The summed E-state index contributed by atoms with van der Waals surface area (Å²) in [5.74, 6) is -0.690. The molecule has 4 nitrogen and oxygen atoms in total. The van der Waals surface area contributed by atoms with Crippen molar-refractivity contribution in [1.82, 2.24) is 0 Å². The SMILES string of the molecule is CCCCc1ccc(N2C(=O)C(Nc3cccc(Cl)c3C)=C(c3cccs3)C2=O)cc1. The molecule has 0 unspecified atom stereocenters. The number of carbonyl (C=O) groups excluding carboxylic acids is 2. The van der Waals surface area contributed by atoms with Gasteiger partial charge in [0.05, 0.1) is 11.3 Å². The number of imide groups is 1. The molecule has 0 spiro atoms. The van der Waals surface area contributed by atoms with Gasteiger partial charge in [-0.2, -0.15) is 0 Å². The maximum absolute atomic E-state index is 13.4. The second kappa shape index (κ2) is 9.08. The molecule has 31 heavy (non-hydrogen) atoms. The fourth-order valence-electron chi connectivity index (χ4n) is 3.60. The molecule has 0 atom stereocenters. The molecular formula is C25H23ClN2O2S. The van der Waals surface area contributed by atoms with Gasteiger partial charge in [0.15, 0.2) is 0 Å². The number of unbranched alkanes of at least 4 members (excludes halogenated alkanes) is 1. The van der Waals surface area contributed by atoms with Crippen molar-refractivity contribution >= 4 is 51.7 Å². The monoisotopic (exact) mass is 450 g/mol. The molecule has 2 heterocycles. The zero-order chi connectivity index (χ0) is 22.0. The van der Waals surface area contributed by atoms with E-state index >= 15 is 0 Å². The predicted molar refractivity (Wildman–Crippen MR) is 129 cm³/mol. The molecule has 1 N–H and O–H groups in total. The number of carbonyl (C=O) groups is 2. The molecule has 2 aromatic carbocycles. The number of hydrogen-bond donors (Lipinski definition) is 1. The normalized spacial score (nSPS) is 14.0. The third-order valence-electron chi connectivity index (χ3n) is 5.39. The second-order valence-corrected chi connectivity index (χ2v) is 8.84. The van der Waals surface area contributed by atoms with Crippen molar-refractivity contribution in [3.05, 3.63) is 86.7 Å². The Hall–Kier alpha value is -2.89. The van der Waals surface area contributed by atoms with Crippen LogP contribution in [0.4, 0.5) is 11.4 Å². The molecule has 158 valence electrons. The number of anilines is 2. The maximum atomic E-state index is 13.4.